The predicted octanol–water partition coefficient (Wildman–Crippen LogP) is 0.105. The number of aliphatic hydroxyl groups is 1. The van der Waals surface area contributed by atoms with Gasteiger partial charge in [-0.2, -0.15) is 0 Å². The normalized spacial score (nSPS) is 44.4. The fraction of sp³-hybridized carbons (Fsp3) is 0.889. The molecule has 0 spiro atoms. The van der Waals surface area contributed by atoms with Crippen LogP contribution in [0.15, 0.2) is 0 Å². The van der Waals surface area contributed by atoms with Crippen LogP contribution in [0.25, 0.3) is 0 Å². The van der Waals surface area contributed by atoms with Crippen LogP contribution < -0.4 is 0 Å². The second-order valence-corrected chi connectivity index (χ2v) is 4.05. The van der Waals surface area contributed by atoms with Crippen molar-refractivity contribution in [1.29, 1.82) is 0 Å². The Morgan fingerprint density at radius 3 is 2.23 bits per heavy atom. The molecule has 2 fully saturated rings. The molecule has 1 aliphatic carbocycles. The third-order valence-electron chi connectivity index (χ3n) is 3.15. The van der Waals surface area contributed by atoms with Gasteiger partial charge in [0, 0.05) is 11.8 Å². The molecule has 4 atom stereocenters. The number of hydrogen-bond acceptors (Lipinski definition) is 3. The highest BCUT2D eigenvalue weighted by Crippen LogP contribution is 2.37. The summed E-state index contributed by atoms with van der Waals surface area (Å²) in [6.45, 7) is 1.03. The zero-order chi connectivity index (χ0) is 9.42. The first-order chi connectivity index (χ1) is 6.18. The molecule has 4 heteroatoms. The summed E-state index contributed by atoms with van der Waals surface area (Å²) in [5, 5.41) is 18.6. The molecule has 74 valence electrons. The van der Waals surface area contributed by atoms with Crippen LogP contribution in [0.5, 0.6) is 0 Å². The maximum Gasteiger partial charge on any atom is 0.306 e. The Balaban J connectivity index is 2.07. The molecule has 2 aliphatic rings. The molecule has 1 saturated carbocycles. The van der Waals surface area contributed by atoms with Crippen molar-refractivity contribution in [3.8, 4) is 0 Å². The molecule has 0 aromatic carbocycles. The van der Waals surface area contributed by atoms with Crippen molar-refractivity contribution < 1.29 is 19.7 Å². The van der Waals surface area contributed by atoms with Gasteiger partial charge >= 0.3 is 5.97 Å². The summed E-state index contributed by atoms with van der Waals surface area (Å²) < 4.78 is 5.28. The van der Waals surface area contributed by atoms with E-state index in [1.807, 2.05) is 0 Å². The van der Waals surface area contributed by atoms with Crippen LogP contribution >= 0.6 is 0 Å². The number of aliphatic hydroxyl groups excluding tert-OH is 1. The average molecular weight is 186 g/mol. The second-order valence-electron chi connectivity index (χ2n) is 4.05. The van der Waals surface area contributed by atoms with E-state index in [0.29, 0.717) is 26.1 Å². The summed E-state index contributed by atoms with van der Waals surface area (Å²) in [6.07, 6.45) is 0.782. The average Bonchev–Trinajstić information content (AvgIpc) is 2.02. The highest BCUT2D eigenvalue weighted by Gasteiger charge is 2.42. The minimum Gasteiger partial charge on any atom is -0.481 e. The molecule has 13 heavy (non-hydrogen) atoms. The predicted molar refractivity (Wildman–Crippen MR) is 44.2 cm³/mol. The Morgan fingerprint density at radius 1 is 1.23 bits per heavy atom. The molecule has 2 N–H and O–H groups in total. The Hall–Kier alpha value is -0.610. The fourth-order valence-electron chi connectivity index (χ4n) is 2.40. The highest BCUT2D eigenvalue weighted by molar-refractivity contribution is 5.70. The molecule has 0 amide bonds. The van der Waals surface area contributed by atoms with Gasteiger partial charge in [0.05, 0.1) is 25.2 Å². The quantitative estimate of drug-likeness (QED) is 0.609. The lowest BCUT2D eigenvalue weighted by Crippen LogP contribution is -2.47. The van der Waals surface area contributed by atoms with Gasteiger partial charge in [-0.25, -0.2) is 0 Å². The lowest BCUT2D eigenvalue weighted by Gasteiger charge is -2.41. The molecule has 2 rings (SSSR count). The van der Waals surface area contributed by atoms with Crippen LogP contribution in [0.4, 0.5) is 0 Å². The largest absolute Gasteiger partial charge is 0.481 e. The molecule has 0 radical (unpaired) electrons. The van der Waals surface area contributed by atoms with Crippen LogP contribution in [-0.2, 0) is 9.53 Å². The Morgan fingerprint density at radius 2 is 1.77 bits per heavy atom. The fourth-order valence-corrected chi connectivity index (χ4v) is 2.40. The molecule has 0 aromatic rings. The van der Waals surface area contributed by atoms with Crippen molar-refractivity contribution in [2.45, 2.75) is 18.9 Å². The van der Waals surface area contributed by atoms with Crippen LogP contribution in [0.2, 0.25) is 0 Å². The van der Waals surface area contributed by atoms with E-state index in [0.717, 1.165) is 0 Å². The number of carboxylic acid groups (broad SMARTS) is 1. The monoisotopic (exact) mass is 186 g/mol. The highest BCUT2D eigenvalue weighted by atomic mass is 16.5. The van der Waals surface area contributed by atoms with E-state index in [4.69, 9.17) is 9.84 Å². The van der Waals surface area contributed by atoms with Crippen LogP contribution in [-0.4, -0.2) is 35.5 Å². The van der Waals surface area contributed by atoms with E-state index in [1.54, 1.807) is 0 Å². The Bertz CT molecular complexity index is 202. The lowest BCUT2D eigenvalue weighted by molar-refractivity contribution is -0.155. The number of hydrogen-bond donors (Lipinski definition) is 2. The van der Waals surface area contributed by atoms with Gasteiger partial charge in [-0.15, -0.1) is 0 Å². The van der Waals surface area contributed by atoms with Crippen molar-refractivity contribution in [2.75, 3.05) is 13.2 Å². The van der Waals surface area contributed by atoms with Gasteiger partial charge in [-0.3, -0.25) is 4.79 Å². The van der Waals surface area contributed by atoms with E-state index in [-0.39, 0.29) is 23.9 Å². The van der Waals surface area contributed by atoms with Gasteiger partial charge in [0.2, 0.25) is 0 Å². The van der Waals surface area contributed by atoms with Crippen molar-refractivity contribution in [2.24, 2.45) is 17.8 Å². The summed E-state index contributed by atoms with van der Waals surface area (Å²) in [6, 6.07) is 0. The molecular formula is C9H14O4. The minimum absolute atomic E-state index is 0.0357. The second kappa shape index (κ2) is 3.27. The third-order valence-corrected chi connectivity index (χ3v) is 3.15. The number of aliphatic carboxylic acids is 1. The zero-order valence-electron chi connectivity index (χ0n) is 7.35. The van der Waals surface area contributed by atoms with Gasteiger partial charge < -0.3 is 14.9 Å². The molecule has 1 saturated heterocycles. The van der Waals surface area contributed by atoms with Crippen LogP contribution in [0, 0.1) is 17.8 Å². The summed E-state index contributed by atoms with van der Waals surface area (Å²) in [7, 11) is 0. The molecule has 2 unspecified atom stereocenters. The first kappa shape index (κ1) is 8.97. The Labute approximate surface area is 76.5 Å². The smallest absolute Gasteiger partial charge is 0.306 e. The first-order valence-electron chi connectivity index (χ1n) is 4.67. The van der Waals surface area contributed by atoms with E-state index >= 15 is 0 Å². The SMILES string of the molecule is O=C(O)C1C[C@H]2COC[C@@H](C1)C2O. The molecule has 1 heterocycles. The van der Waals surface area contributed by atoms with Crippen molar-refractivity contribution in [3.05, 3.63) is 0 Å². The summed E-state index contributed by atoms with van der Waals surface area (Å²) in [5.41, 5.74) is 0. The lowest BCUT2D eigenvalue weighted by atomic mass is 9.72. The maximum absolute atomic E-state index is 10.8. The number of carbonyl (C=O) groups is 1. The van der Waals surface area contributed by atoms with E-state index in [1.165, 1.54) is 0 Å². The Kier molecular flexibility index (Phi) is 2.26. The molecule has 2 bridgehead atoms. The van der Waals surface area contributed by atoms with E-state index < -0.39 is 5.97 Å². The van der Waals surface area contributed by atoms with Gasteiger partial charge in [0.15, 0.2) is 0 Å². The number of rotatable bonds is 1. The first-order valence-corrected chi connectivity index (χ1v) is 4.67. The van der Waals surface area contributed by atoms with Crippen molar-refractivity contribution in [3.63, 3.8) is 0 Å². The van der Waals surface area contributed by atoms with Crippen LogP contribution in [0.3, 0.4) is 0 Å². The van der Waals surface area contributed by atoms with Crippen LogP contribution in [0.1, 0.15) is 12.8 Å². The number of ether oxygens (including phenoxy) is 1. The third kappa shape index (κ3) is 1.56. The number of carboxylic acids is 1. The van der Waals surface area contributed by atoms with Gasteiger partial charge in [0.25, 0.3) is 0 Å². The summed E-state index contributed by atoms with van der Waals surface area (Å²) in [4.78, 5) is 10.8. The molecule has 0 aromatic heterocycles. The van der Waals surface area contributed by atoms with Gasteiger partial charge in [0.1, 0.15) is 0 Å². The van der Waals surface area contributed by atoms with Crippen molar-refractivity contribution >= 4 is 5.97 Å². The maximum atomic E-state index is 10.8. The molecule has 1 aliphatic heterocycles. The molecular weight excluding hydrogens is 172 g/mol. The standard InChI is InChI=1S/C9H14O4/c10-8-6-1-5(9(11)12)2-7(8)4-13-3-6/h5-8,10H,1-4H2,(H,11,12)/t5?,6-,7+,8?. The zero-order valence-corrected chi connectivity index (χ0v) is 7.35. The topological polar surface area (TPSA) is 66.8 Å². The number of fused-ring (bicyclic) bond motifs is 2. The van der Waals surface area contributed by atoms with E-state index in [2.05, 4.69) is 0 Å². The van der Waals surface area contributed by atoms with Gasteiger partial charge in [-0.05, 0) is 12.8 Å². The summed E-state index contributed by atoms with van der Waals surface area (Å²) >= 11 is 0. The minimum atomic E-state index is -0.733. The van der Waals surface area contributed by atoms with E-state index in [9.17, 15) is 9.90 Å². The summed E-state index contributed by atoms with van der Waals surface area (Å²) in [5.74, 6) is -0.937. The van der Waals surface area contributed by atoms with Gasteiger partial charge in [-0.1, -0.05) is 0 Å². The van der Waals surface area contributed by atoms with Crippen molar-refractivity contribution in [1.82, 2.24) is 0 Å². The molecule has 4 nitrogen and oxygen atoms in total.